The van der Waals surface area contributed by atoms with Gasteiger partial charge >= 0.3 is 6.09 Å². The Hall–Kier alpha value is -3.28. The number of amides is 1. The summed E-state index contributed by atoms with van der Waals surface area (Å²) in [6.45, 7) is 0.341. The standard InChI is InChI=1S/C21H26N6O4S/c22-32(29,30)23-14-8-7-13-18(24-21(28)31-15-16-9-3-1-4-10-16)20-25-19(26-27-20)17-11-5-2-6-12-17/h1-6,9-12,18,23H,7-8,13-15H2,(H,24,28)(H2,22,29,30)(H,25,26,27)/t18-/m0/s1. The Bertz CT molecular complexity index is 1090. The summed E-state index contributed by atoms with van der Waals surface area (Å²) in [5.41, 5.74) is 1.74. The van der Waals surface area contributed by atoms with E-state index in [1.807, 2.05) is 60.7 Å². The van der Waals surface area contributed by atoms with Crippen molar-refractivity contribution in [3.05, 3.63) is 72.1 Å². The highest BCUT2D eigenvalue weighted by Gasteiger charge is 2.20. The Morgan fingerprint density at radius 2 is 1.75 bits per heavy atom. The maximum absolute atomic E-state index is 12.4. The molecule has 5 N–H and O–H groups in total. The van der Waals surface area contributed by atoms with Crippen molar-refractivity contribution in [2.75, 3.05) is 6.54 Å². The Morgan fingerprint density at radius 1 is 1.06 bits per heavy atom. The molecule has 170 valence electrons. The van der Waals surface area contributed by atoms with Gasteiger partial charge in [0.1, 0.15) is 6.61 Å². The molecule has 1 aromatic heterocycles. The van der Waals surface area contributed by atoms with Crippen molar-refractivity contribution in [2.24, 2.45) is 5.14 Å². The number of carbonyl (C=O) groups excluding carboxylic acids is 1. The van der Waals surface area contributed by atoms with E-state index >= 15 is 0 Å². The van der Waals surface area contributed by atoms with E-state index < -0.39 is 22.3 Å². The highest BCUT2D eigenvalue weighted by Crippen LogP contribution is 2.20. The molecule has 10 nitrogen and oxygen atoms in total. The lowest BCUT2D eigenvalue weighted by atomic mass is 10.1. The van der Waals surface area contributed by atoms with Gasteiger partial charge in [-0.05, 0) is 24.8 Å². The first kappa shape index (κ1) is 23.4. The quantitative estimate of drug-likeness (QED) is 0.324. The van der Waals surface area contributed by atoms with E-state index in [0.717, 1.165) is 11.1 Å². The van der Waals surface area contributed by atoms with Crippen molar-refractivity contribution < 1.29 is 17.9 Å². The molecule has 2 aromatic carbocycles. The summed E-state index contributed by atoms with van der Waals surface area (Å²) in [5.74, 6) is 1.00. The van der Waals surface area contributed by atoms with Crippen LogP contribution in [0.4, 0.5) is 4.79 Å². The zero-order valence-electron chi connectivity index (χ0n) is 17.4. The average Bonchev–Trinajstić information content (AvgIpc) is 3.27. The summed E-state index contributed by atoms with van der Waals surface area (Å²) in [6, 6.07) is 18.3. The second-order valence-corrected chi connectivity index (χ2v) is 8.48. The number of hydrogen-bond donors (Lipinski definition) is 4. The molecule has 0 aliphatic heterocycles. The number of nitrogens with zero attached hydrogens (tertiary/aromatic N) is 2. The Balaban J connectivity index is 1.62. The van der Waals surface area contributed by atoms with E-state index in [9.17, 15) is 13.2 Å². The summed E-state index contributed by atoms with van der Waals surface area (Å²) in [7, 11) is -3.73. The lowest BCUT2D eigenvalue weighted by Gasteiger charge is -2.16. The molecule has 32 heavy (non-hydrogen) atoms. The van der Waals surface area contributed by atoms with Gasteiger partial charge in [-0.3, -0.25) is 5.10 Å². The third kappa shape index (κ3) is 7.76. The van der Waals surface area contributed by atoms with Gasteiger partial charge in [-0.15, -0.1) is 0 Å². The molecule has 1 atom stereocenters. The summed E-state index contributed by atoms with van der Waals surface area (Å²) < 4.78 is 29.5. The van der Waals surface area contributed by atoms with Gasteiger partial charge in [-0.1, -0.05) is 60.7 Å². The molecular formula is C21H26N6O4S. The highest BCUT2D eigenvalue weighted by atomic mass is 32.2. The van der Waals surface area contributed by atoms with Crippen LogP contribution in [-0.2, 0) is 21.6 Å². The van der Waals surface area contributed by atoms with Crippen molar-refractivity contribution in [2.45, 2.75) is 31.9 Å². The summed E-state index contributed by atoms with van der Waals surface area (Å²) >= 11 is 0. The molecule has 3 rings (SSSR count). The van der Waals surface area contributed by atoms with Gasteiger partial charge in [-0.2, -0.15) is 13.5 Å². The van der Waals surface area contributed by atoms with E-state index in [0.29, 0.717) is 30.9 Å². The monoisotopic (exact) mass is 458 g/mol. The third-order valence-corrected chi connectivity index (χ3v) is 5.20. The molecule has 0 saturated carbocycles. The van der Waals surface area contributed by atoms with E-state index in [-0.39, 0.29) is 13.2 Å². The number of unbranched alkanes of at least 4 members (excludes halogenated alkanes) is 1. The van der Waals surface area contributed by atoms with Crippen LogP contribution in [0.3, 0.4) is 0 Å². The maximum atomic E-state index is 12.4. The number of alkyl carbamates (subject to hydrolysis) is 1. The minimum Gasteiger partial charge on any atom is -0.445 e. The Morgan fingerprint density at radius 3 is 2.44 bits per heavy atom. The summed E-state index contributed by atoms with van der Waals surface area (Å²) in [6.07, 6.45) is 1.02. The lowest BCUT2D eigenvalue weighted by molar-refractivity contribution is 0.134. The van der Waals surface area contributed by atoms with Crippen LogP contribution in [0.25, 0.3) is 11.4 Å². The number of benzene rings is 2. The molecule has 0 radical (unpaired) electrons. The molecule has 0 fully saturated rings. The van der Waals surface area contributed by atoms with Crippen molar-refractivity contribution in [3.8, 4) is 11.4 Å². The van der Waals surface area contributed by atoms with Gasteiger partial charge in [0.05, 0.1) is 6.04 Å². The van der Waals surface area contributed by atoms with Gasteiger partial charge in [0.2, 0.25) is 0 Å². The van der Waals surface area contributed by atoms with Crippen molar-refractivity contribution in [1.29, 1.82) is 0 Å². The number of aromatic amines is 1. The smallest absolute Gasteiger partial charge is 0.408 e. The van der Waals surface area contributed by atoms with Gasteiger partial charge in [0.15, 0.2) is 11.6 Å². The molecule has 3 aromatic rings. The largest absolute Gasteiger partial charge is 0.445 e. The van der Waals surface area contributed by atoms with Crippen LogP contribution in [0.2, 0.25) is 0 Å². The van der Waals surface area contributed by atoms with Crippen LogP contribution in [-0.4, -0.2) is 36.2 Å². The Kier molecular flexibility index (Phi) is 8.31. The fourth-order valence-corrected chi connectivity index (χ4v) is 3.45. The number of ether oxygens (including phenoxy) is 1. The van der Waals surface area contributed by atoms with Gasteiger partial charge in [0.25, 0.3) is 10.2 Å². The maximum Gasteiger partial charge on any atom is 0.408 e. The van der Waals surface area contributed by atoms with Crippen molar-refractivity contribution in [3.63, 3.8) is 0 Å². The minimum atomic E-state index is -3.73. The normalized spacial score (nSPS) is 12.3. The topological polar surface area (TPSA) is 152 Å². The van der Waals surface area contributed by atoms with Crippen molar-refractivity contribution >= 4 is 16.3 Å². The number of nitrogens with one attached hydrogen (secondary N) is 3. The first-order valence-electron chi connectivity index (χ1n) is 10.1. The molecule has 0 unspecified atom stereocenters. The lowest BCUT2D eigenvalue weighted by Crippen LogP contribution is -2.32. The number of hydrogen-bond acceptors (Lipinski definition) is 6. The van der Waals surface area contributed by atoms with Crippen LogP contribution in [0, 0.1) is 0 Å². The number of rotatable bonds is 11. The van der Waals surface area contributed by atoms with Crippen molar-refractivity contribution in [1.82, 2.24) is 25.2 Å². The second-order valence-electron chi connectivity index (χ2n) is 7.10. The Labute approximate surface area is 186 Å². The predicted octanol–water partition coefficient (Wildman–Crippen LogP) is 2.40. The summed E-state index contributed by atoms with van der Waals surface area (Å²) in [5, 5.41) is 14.9. The molecule has 1 amide bonds. The fraction of sp³-hybridized carbons (Fsp3) is 0.286. The number of nitrogens with two attached hydrogens (primary N) is 1. The zero-order valence-corrected chi connectivity index (χ0v) is 18.2. The van der Waals surface area contributed by atoms with Gasteiger partial charge < -0.3 is 10.1 Å². The van der Waals surface area contributed by atoms with Crippen LogP contribution in [0.5, 0.6) is 0 Å². The minimum absolute atomic E-state index is 0.140. The summed E-state index contributed by atoms with van der Waals surface area (Å²) in [4.78, 5) is 16.9. The molecule has 0 bridgehead atoms. The van der Waals surface area contributed by atoms with Crippen LogP contribution >= 0.6 is 0 Å². The molecule has 0 spiro atoms. The van der Waals surface area contributed by atoms with E-state index in [1.165, 1.54) is 0 Å². The molecule has 11 heteroatoms. The SMILES string of the molecule is NS(=O)(=O)NCCCC[C@H](NC(=O)OCc1ccccc1)c1n[nH]c(-c2ccccc2)n1. The van der Waals surface area contributed by atoms with E-state index in [1.54, 1.807) is 0 Å². The first-order chi connectivity index (χ1) is 15.4. The number of carbonyl (C=O) groups is 1. The molecule has 0 saturated heterocycles. The molecule has 0 aliphatic carbocycles. The highest BCUT2D eigenvalue weighted by molar-refractivity contribution is 7.87. The van der Waals surface area contributed by atoms with Gasteiger partial charge in [0, 0.05) is 12.1 Å². The number of aromatic nitrogens is 3. The van der Waals surface area contributed by atoms with Crippen LogP contribution in [0.1, 0.15) is 36.7 Å². The predicted molar refractivity (Wildman–Crippen MR) is 119 cm³/mol. The molecular weight excluding hydrogens is 432 g/mol. The van der Waals surface area contributed by atoms with Crippen LogP contribution < -0.4 is 15.2 Å². The second kappa shape index (κ2) is 11.4. The van der Waals surface area contributed by atoms with Crippen LogP contribution in [0.15, 0.2) is 60.7 Å². The first-order valence-corrected chi connectivity index (χ1v) is 11.7. The van der Waals surface area contributed by atoms with Gasteiger partial charge in [-0.25, -0.2) is 19.6 Å². The third-order valence-electron chi connectivity index (χ3n) is 4.59. The zero-order chi connectivity index (χ0) is 22.8. The molecule has 0 aliphatic rings. The molecule has 1 heterocycles. The fourth-order valence-electron chi connectivity index (χ4n) is 3.02. The average molecular weight is 459 g/mol. The number of H-pyrrole nitrogens is 1. The van der Waals surface area contributed by atoms with E-state index in [2.05, 4.69) is 25.2 Å². The van der Waals surface area contributed by atoms with E-state index in [4.69, 9.17) is 9.88 Å².